The van der Waals surface area contributed by atoms with Crippen LogP contribution < -0.4 is 10.6 Å². The molecule has 0 aliphatic carbocycles. The quantitative estimate of drug-likeness (QED) is 0.481. The third-order valence-electron chi connectivity index (χ3n) is 2.86. The monoisotopic (exact) mass is 392 g/mol. The topological polar surface area (TPSA) is 24.1 Å². The Morgan fingerprint density at radius 3 is 1.59 bits per heavy atom. The van der Waals surface area contributed by atoms with Crippen LogP contribution in [0.3, 0.4) is 0 Å². The van der Waals surface area contributed by atoms with E-state index in [1.54, 1.807) is 0 Å². The molecule has 0 heterocycles. The second-order valence-corrected chi connectivity index (χ2v) is 6.53. The number of para-hydroxylation sites is 1. The van der Waals surface area contributed by atoms with Gasteiger partial charge in [-0.1, -0.05) is 83.7 Å². The molecule has 2 rings (SSSR count). The molecule has 0 unspecified atom stereocenters. The summed E-state index contributed by atoms with van der Waals surface area (Å²) in [5.41, 5.74) is 2.34. The van der Waals surface area contributed by atoms with E-state index in [0.717, 1.165) is 23.8 Å². The number of nitrogens with one attached hydrogen (secondary N) is 2. The summed E-state index contributed by atoms with van der Waals surface area (Å²) < 4.78 is 0. The van der Waals surface area contributed by atoms with Crippen LogP contribution in [-0.2, 0) is 0 Å². The Morgan fingerprint density at radius 1 is 0.667 bits per heavy atom. The molecule has 0 fully saturated rings. The van der Waals surface area contributed by atoms with Gasteiger partial charge in [0.05, 0.1) is 0 Å². The minimum Gasteiger partial charge on any atom is -0.385 e. The molecule has 0 saturated heterocycles. The van der Waals surface area contributed by atoms with Gasteiger partial charge in [-0.2, -0.15) is 0 Å². The minimum atomic E-state index is 0.788. The van der Waals surface area contributed by atoms with Gasteiger partial charge in [-0.25, -0.2) is 0 Å². The Balaban J connectivity index is 0. The van der Waals surface area contributed by atoms with Crippen molar-refractivity contribution >= 4 is 23.0 Å². The van der Waals surface area contributed by atoms with Gasteiger partial charge in [0.15, 0.2) is 0 Å². The van der Waals surface area contributed by atoms with Gasteiger partial charge >= 0.3 is 0 Å². The van der Waals surface area contributed by atoms with Crippen LogP contribution in [0.5, 0.6) is 0 Å². The van der Waals surface area contributed by atoms with Crippen LogP contribution in [-0.4, -0.2) is 13.1 Å². The van der Waals surface area contributed by atoms with Crippen molar-refractivity contribution in [2.24, 2.45) is 0 Å². The van der Waals surface area contributed by atoms with Gasteiger partial charge < -0.3 is 10.6 Å². The Hall–Kier alpha value is -1.67. The molecule has 2 aromatic rings. The molecule has 0 radical (unpaired) electrons. The van der Waals surface area contributed by atoms with Crippen molar-refractivity contribution in [1.82, 2.24) is 0 Å². The Kier molecular flexibility index (Phi) is 22.8. The molecule has 3 heteroatoms. The molecule has 0 aliphatic rings. The van der Waals surface area contributed by atoms with Crippen LogP contribution in [0.2, 0.25) is 5.02 Å². The highest BCUT2D eigenvalue weighted by molar-refractivity contribution is 6.30. The molecule has 0 saturated carbocycles. The average molecular weight is 393 g/mol. The van der Waals surface area contributed by atoms with Gasteiger partial charge in [0.1, 0.15) is 0 Å². The van der Waals surface area contributed by atoms with Crippen LogP contribution in [0, 0.1) is 0 Å². The number of benzene rings is 2. The highest BCUT2D eigenvalue weighted by Crippen LogP contribution is 2.13. The van der Waals surface area contributed by atoms with E-state index < -0.39 is 0 Å². The first kappa shape index (κ1) is 27.5. The highest BCUT2D eigenvalue weighted by Gasteiger charge is 1.90. The minimum absolute atomic E-state index is 0.788. The lowest BCUT2D eigenvalue weighted by atomic mass is 10.3. The van der Waals surface area contributed by atoms with Crippen LogP contribution in [0.25, 0.3) is 0 Å². The van der Waals surface area contributed by atoms with Gasteiger partial charge in [0, 0.05) is 29.5 Å². The molecule has 27 heavy (non-hydrogen) atoms. The van der Waals surface area contributed by atoms with Crippen molar-refractivity contribution in [1.29, 1.82) is 0 Å². The molecule has 0 amide bonds. The number of anilines is 2. The zero-order valence-corrected chi connectivity index (χ0v) is 19.1. The smallest absolute Gasteiger partial charge is 0.0407 e. The third kappa shape index (κ3) is 20.5. The normalized spacial score (nSPS) is 8.70. The van der Waals surface area contributed by atoms with Gasteiger partial charge in [-0.05, 0) is 49.7 Å². The standard InChI is InChI=1S/C10H14ClN.C8H11N.2C3H8/c1-2-3-8-12-10-6-4-9(11)5-7-10;1-2-9-8-6-4-3-5-7-8;2*1-3-2/h4-7,12H,2-3,8H2,1H3;3-7,9H,2H2,1H3;2*3H2,1-2H3. The van der Waals surface area contributed by atoms with Gasteiger partial charge in [0.25, 0.3) is 0 Å². The van der Waals surface area contributed by atoms with Gasteiger partial charge in [-0.15, -0.1) is 0 Å². The molecule has 154 valence electrons. The van der Waals surface area contributed by atoms with E-state index in [0.29, 0.717) is 0 Å². The molecule has 0 aliphatic heterocycles. The first-order valence-corrected chi connectivity index (χ1v) is 10.7. The van der Waals surface area contributed by atoms with Crippen LogP contribution in [0.1, 0.15) is 67.2 Å². The molecule has 0 atom stereocenters. The van der Waals surface area contributed by atoms with Gasteiger partial charge in [-0.3, -0.25) is 0 Å². The first-order chi connectivity index (χ1) is 13.1. The van der Waals surface area contributed by atoms with E-state index in [-0.39, 0.29) is 0 Å². The van der Waals surface area contributed by atoms with Crippen LogP contribution in [0.15, 0.2) is 54.6 Å². The average Bonchev–Trinajstić information content (AvgIpc) is 2.67. The maximum atomic E-state index is 5.75. The van der Waals surface area contributed by atoms with E-state index in [1.165, 1.54) is 31.4 Å². The lowest BCUT2D eigenvalue weighted by Gasteiger charge is -2.04. The molecule has 0 aromatic heterocycles. The summed E-state index contributed by atoms with van der Waals surface area (Å²) in [5.74, 6) is 0. The van der Waals surface area contributed by atoms with E-state index >= 15 is 0 Å². The second kappa shape index (κ2) is 22.4. The summed E-state index contributed by atoms with van der Waals surface area (Å²) in [5, 5.41) is 7.31. The fourth-order valence-corrected chi connectivity index (χ4v) is 1.86. The number of hydrogen-bond acceptors (Lipinski definition) is 2. The summed E-state index contributed by atoms with van der Waals surface area (Å²) in [6.07, 6.45) is 4.93. The lowest BCUT2D eigenvalue weighted by Crippen LogP contribution is -1.99. The van der Waals surface area contributed by atoms with E-state index in [1.807, 2.05) is 42.5 Å². The van der Waals surface area contributed by atoms with Crippen molar-refractivity contribution in [3.8, 4) is 0 Å². The Bertz CT molecular complexity index is 496. The molecule has 0 spiro atoms. The molecule has 2 N–H and O–H groups in total. The zero-order valence-electron chi connectivity index (χ0n) is 18.3. The van der Waals surface area contributed by atoms with Gasteiger partial charge in [0.2, 0.25) is 0 Å². The van der Waals surface area contributed by atoms with E-state index in [4.69, 9.17) is 11.6 Å². The predicted molar refractivity (Wildman–Crippen MR) is 127 cm³/mol. The maximum absolute atomic E-state index is 5.75. The van der Waals surface area contributed by atoms with E-state index in [9.17, 15) is 0 Å². The summed E-state index contributed by atoms with van der Waals surface area (Å²) >= 11 is 5.75. The third-order valence-corrected chi connectivity index (χ3v) is 3.11. The SMILES string of the molecule is CCC.CCC.CCCCNc1ccc(Cl)cc1.CCNc1ccccc1. The van der Waals surface area contributed by atoms with Crippen LogP contribution in [0.4, 0.5) is 11.4 Å². The predicted octanol–water partition coefficient (Wildman–Crippen LogP) is 8.50. The van der Waals surface area contributed by atoms with Crippen LogP contribution >= 0.6 is 11.6 Å². The molecule has 2 nitrogen and oxygen atoms in total. The summed E-state index contributed by atoms with van der Waals surface area (Å²) in [4.78, 5) is 0. The summed E-state index contributed by atoms with van der Waals surface area (Å²) in [6, 6.07) is 18.0. The Labute approximate surface area is 173 Å². The number of hydrogen-bond donors (Lipinski definition) is 2. The van der Waals surface area contributed by atoms with Crippen molar-refractivity contribution < 1.29 is 0 Å². The molecular formula is C24H41ClN2. The van der Waals surface area contributed by atoms with Crippen molar-refractivity contribution in [2.45, 2.75) is 67.2 Å². The van der Waals surface area contributed by atoms with Crippen molar-refractivity contribution in [2.75, 3.05) is 23.7 Å². The number of halogens is 1. The highest BCUT2D eigenvalue weighted by atomic mass is 35.5. The van der Waals surface area contributed by atoms with Crippen molar-refractivity contribution in [3.63, 3.8) is 0 Å². The molecule has 2 aromatic carbocycles. The lowest BCUT2D eigenvalue weighted by molar-refractivity contribution is 0.834. The fraction of sp³-hybridized carbons (Fsp3) is 0.500. The van der Waals surface area contributed by atoms with Crippen molar-refractivity contribution in [3.05, 3.63) is 59.6 Å². The maximum Gasteiger partial charge on any atom is 0.0407 e. The summed E-state index contributed by atoms with van der Waals surface area (Å²) in [6.45, 7) is 14.8. The fourth-order valence-electron chi connectivity index (χ4n) is 1.74. The summed E-state index contributed by atoms with van der Waals surface area (Å²) in [7, 11) is 0. The largest absolute Gasteiger partial charge is 0.385 e. The van der Waals surface area contributed by atoms with E-state index in [2.05, 4.69) is 64.3 Å². The number of unbranched alkanes of at least 4 members (excludes halogenated alkanes) is 1. The zero-order chi connectivity index (χ0) is 20.8. The number of rotatable bonds is 6. The molecule has 0 bridgehead atoms. The second-order valence-electron chi connectivity index (χ2n) is 6.10. The molecular weight excluding hydrogens is 352 g/mol. The Morgan fingerprint density at radius 2 is 1.15 bits per heavy atom. The first-order valence-electron chi connectivity index (χ1n) is 10.4.